The average molecular weight is 224 g/mol. The summed E-state index contributed by atoms with van der Waals surface area (Å²) in [6.45, 7) is 0. The minimum absolute atomic E-state index is 0.240. The molecule has 2 atom stereocenters. The predicted molar refractivity (Wildman–Crippen MR) is 63.9 cm³/mol. The van der Waals surface area contributed by atoms with Gasteiger partial charge in [-0.1, -0.05) is 42.5 Å². The number of hydrogen-bond donors (Lipinski definition) is 1. The van der Waals surface area contributed by atoms with Crippen molar-refractivity contribution in [2.24, 2.45) is 0 Å². The van der Waals surface area contributed by atoms with Gasteiger partial charge in [0.25, 0.3) is 0 Å². The van der Waals surface area contributed by atoms with E-state index in [2.05, 4.69) is 6.07 Å². The molecule has 2 nitrogen and oxygen atoms in total. The summed E-state index contributed by atoms with van der Waals surface area (Å²) in [5, 5.41) is 10.9. The van der Waals surface area contributed by atoms with Crippen molar-refractivity contribution in [3.63, 3.8) is 0 Å². The Hall–Kier alpha value is -1.80. The number of para-hydroxylation sites is 1. The Morgan fingerprint density at radius 3 is 2.76 bits per heavy atom. The molecule has 1 N–H and O–H groups in total. The molecule has 0 radical (unpaired) electrons. The lowest BCUT2D eigenvalue weighted by Gasteiger charge is -2.21. The summed E-state index contributed by atoms with van der Waals surface area (Å²) < 4.78 is 5.91. The van der Waals surface area contributed by atoms with Gasteiger partial charge in [-0.15, -0.1) is 0 Å². The number of benzene rings is 2. The van der Waals surface area contributed by atoms with Crippen LogP contribution in [-0.2, 0) is 12.0 Å². The van der Waals surface area contributed by atoms with Crippen LogP contribution in [0.2, 0.25) is 0 Å². The summed E-state index contributed by atoms with van der Waals surface area (Å²) in [5.74, 6) is 0.814. The first-order chi connectivity index (χ1) is 8.29. The summed E-state index contributed by atoms with van der Waals surface area (Å²) >= 11 is 0. The molecule has 2 unspecified atom stereocenters. The van der Waals surface area contributed by atoms with E-state index in [0.717, 1.165) is 16.9 Å². The number of hydrogen-bond acceptors (Lipinski definition) is 2. The van der Waals surface area contributed by atoms with E-state index in [-0.39, 0.29) is 6.10 Å². The van der Waals surface area contributed by atoms with Crippen molar-refractivity contribution in [2.45, 2.75) is 18.1 Å². The molecule has 0 fully saturated rings. The highest BCUT2D eigenvalue weighted by Crippen LogP contribution is 2.55. The zero-order valence-electron chi connectivity index (χ0n) is 9.26. The molecule has 2 aromatic carbocycles. The van der Waals surface area contributed by atoms with Gasteiger partial charge in [0, 0.05) is 12.0 Å². The number of rotatable bonds is 0. The molecule has 84 valence electrons. The number of aliphatic hydroxyl groups is 1. The molecule has 0 amide bonds. The summed E-state index contributed by atoms with van der Waals surface area (Å²) in [7, 11) is 0. The van der Waals surface area contributed by atoms with E-state index >= 15 is 0 Å². The Labute approximate surface area is 99.5 Å². The average Bonchev–Trinajstić information content (AvgIpc) is 2.79. The number of ether oxygens (including phenoxy) is 1. The third-order valence-electron chi connectivity index (χ3n) is 3.83. The van der Waals surface area contributed by atoms with Crippen LogP contribution in [0.25, 0.3) is 0 Å². The van der Waals surface area contributed by atoms with E-state index in [1.54, 1.807) is 0 Å². The van der Waals surface area contributed by atoms with Crippen molar-refractivity contribution in [1.82, 2.24) is 0 Å². The van der Waals surface area contributed by atoms with Gasteiger partial charge < -0.3 is 9.84 Å². The van der Waals surface area contributed by atoms with Crippen molar-refractivity contribution in [3.05, 3.63) is 65.2 Å². The Bertz CT molecular complexity index is 605. The maximum Gasteiger partial charge on any atom is 0.157 e. The largest absolute Gasteiger partial charge is 0.482 e. The molecule has 0 spiro atoms. The van der Waals surface area contributed by atoms with Crippen LogP contribution < -0.4 is 4.74 Å². The maximum atomic E-state index is 10.9. The van der Waals surface area contributed by atoms with Crippen LogP contribution in [0.3, 0.4) is 0 Å². The summed E-state index contributed by atoms with van der Waals surface area (Å²) in [4.78, 5) is 0. The van der Waals surface area contributed by atoms with E-state index < -0.39 is 5.60 Å². The predicted octanol–water partition coefficient (Wildman–Crippen LogP) is 2.56. The summed E-state index contributed by atoms with van der Waals surface area (Å²) in [6.07, 6.45) is 0.404. The summed E-state index contributed by atoms with van der Waals surface area (Å²) in [5.41, 5.74) is 2.35. The van der Waals surface area contributed by atoms with Gasteiger partial charge in [-0.25, -0.2) is 0 Å². The molecule has 4 rings (SSSR count). The highest BCUT2D eigenvalue weighted by molar-refractivity contribution is 5.51. The number of fused-ring (bicyclic) bond motifs is 5. The minimum atomic E-state index is -0.875. The van der Waals surface area contributed by atoms with Gasteiger partial charge in [0.15, 0.2) is 6.10 Å². The zero-order valence-corrected chi connectivity index (χ0v) is 9.26. The van der Waals surface area contributed by atoms with Crippen LogP contribution in [0, 0.1) is 0 Å². The maximum absolute atomic E-state index is 10.9. The van der Waals surface area contributed by atoms with Crippen LogP contribution in [0.1, 0.15) is 22.8 Å². The fraction of sp³-hybridized carbons (Fsp3) is 0.200. The van der Waals surface area contributed by atoms with Gasteiger partial charge in [0.1, 0.15) is 11.4 Å². The Morgan fingerprint density at radius 2 is 1.82 bits per heavy atom. The van der Waals surface area contributed by atoms with Crippen molar-refractivity contribution in [1.29, 1.82) is 0 Å². The Kier molecular flexibility index (Phi) is 1.58. The molecule has 0 saturated carbocycles. The van der Waals surface area contributed by atoms with Crippen LogP contribution >= 0.6 is 0 Å². The molecule has 1 heterocycles. The SMILES string of the molecule is OC12Cc3ccccc3C1Oc1ccccc12. The molecular formula is C15H12O2. The molecule has 0 saturated heterocycles. The van der Waals surface area contributed by atoms with Crippen molar-refractivity contribution in [2.75, 3.05) is 0 Å². The second-order valence-electron chi connectivity index (χ2n) is 4.79. The van der Waals surface area contributed by atoms with E-state index in [9.17, 15) is 5.11 Å². The van der Waals surface area contributed by atoms with E-state index in [4.69, 9.17) is 4.74 Å². The third kappa shape index (κ3) is 1.03. The molecule has 0 aromatic heterocycles. The first-order valence-corrected chi connectivity index (χ1v) is 5.85. The molecule has 1 aliphatic heterocycles. The molecular weight excluding hydrogens is 212 g/mol. The van der Waals surface area contributed by atoms with E-state index in [0.29, 0.717) is 6.42 Å². The molecule has 1 aliphatic carbocycles. The third-order valence-corrected chi connectivity index (χ3v) is 3.83. The van der Waals surface area contributed by atoms with E-state index in [1.807, 2.05) is 42.5 Å². The van der Waals surface area contributed by atoms with Gasteiger partial charge in [0.05, 0.1) is 0 Å². The van der Waals surface area contributed by atoms with Gasteiger partial charge in [-0.2, -0.15) is 0 Å². The quantitative estimate of drug-likeness (QED) is 0.745. The van der Waals surface area contributed by atoms with E-state index in [1.165, 1.54) is 5.56 Å². The second-order valence-corrected chi connectivity index (χ2v) is 4.79. The lowest BCUT2D eigenvalue weighted by molar-refractivity contribution is -0.0280. The van der Waals surface area contributed by atoms with Crippen LogP contribution in [0.15, 0.2) is 48.5 Å². The first kappa shape index (κ1) is 9.25. The molecule has 0 bridgehead atoms. The Morgan fingerprint density at radius 1 is 1.06 bits per heavy atom. The second kappa shape index (κ2) is 2.90. The highest BCUT2D eigenvalue weighted by Gasteiger charge is 2.53. The Balaban J connectivity index is 1.93. The minimum Gasteiger partial charge on any atom is -0.482 e. The fourth-order valence-corrected chi connectivity index (χ4v) is 3.04. The molecule has 2 aliphatic rings. The highest BCUT2D eigenvalue weighted by atomic mass is 16.5. The molecule has 2 aromatic rings. The topological polar surface area (TPSA) is 29.5 Å². The van der Waals surface area contributed by atoms with Crippen molar-refractivity contribution < 1.29 is 9.84 Å². The monoisotopic (exact) mass is 224 g/mol. The van der Waals surface area contributed by atoms with Crippen LogP contribution in [0.5, 0.6) is 5.75 Å². The van der Waals surface area contributed by atoms with Gasteiger partial charge in [-0.05, 0) is 17.2 Å². The lowest BCUT2D eigenvalue weighted by Crippen LogP contribution is -2.27. The standard InChI is InChI=1S/C15H12O2/c16-15-9-10-5-1-2-6-11(10)14(15)17-13-8-4-3-7-12(13)15/h1-8,14,16H,9H2. The first-order valence-electron chi connectivity index (χ1n) is 5.85. The van der Waals surface area contributed by atoms with Gasteiger partial charge in [0.2, 0.25) is 0 Å². The van der Waals surface area contributed by atoms with Gasteiger partial charge in [-0.3, -0.25) is 0 Å². The molecule has 2 heteroatoms. The smallest absolute Gasteiger partial charge is 0.157 e. The van der Waals surface area contributed by atoms with Gasteiger partial charge >= 0.3 is 0 Å². The fourth-order valence-electron chi connectivity index (χ4n) is 3.04. The molecule has 17 heavy (non-hydrogen) atoms. The van der Waals surface area contributed by atoms with Crippen molar-refractivity contribution >= 4 is 0 Å². The van der Waals surface area contributed by atoms with Crippen LogP contribution in [-0.4, -0.2) is 5.11 Å². The normalized spacial score (nSPS) is 28.2. The van der Waals surface area contributed by atoms with Crippen LogP contribution in [0.4, 0.5) is 0 Å². The summed E-state index contributed by atoms with van der Waals surface area (Å²) in [6, 6.07) is 15.9. The van der Waals surface area contributed by atoms with Crippen molar-refractivity contribution in [3.8, 4) is 5.75 Å². The lowest BCUT2D eigenvalue weighted by atomic mass is 9.91. The zero-order chi connectivity index (χ0) is 11.5.